The number of nitrogen functional groups attached to an aromatic ring is 1. The highest BCUT2D eigenvalue weighted by Gasteiger charge is 2.27. The van der Waals surface area contributed by atoms with E-state index in [9.17, 15) is 9.59 Å². The van der Waals surface area contributed by atoms with E-state index in [2.05, 4.69) is 19.9 Å². The topological polar surface area (TPSA) is 106 Å². The third kappa shape index (κ3) is 5.63. The molecule has 1 atom stereocenters. The van der Waals surface area contributed by atoms with Gasteiger partial charge < -0.3 is 20.5 Å². The Morgan fingerprint density at radius 2 is 1.78 bits per heavy atom. The number of benzene rings is 2. The third-order valence-electron chi connectivity index (χ3n) is 7.21. The van der Waals surface area contributed by atoms with E-state index in [-0.39, 0.29) is 18.2 Å². The van der Waals surface area contributed by atoms with E-state index in [1.54, 1.807) is 36.7 Å². The number of nitrogens with two attached hydrogens (primary N) is 1. The summed E-state index contributed by atoms with van der Waals surface area (Å²) in [5, 5.41) is 3.06. The smallest absolute Gasteiger partial charge is 0.251 e. The van der Waals surface area contributed by atoms with Crippen LogP contribution in [-0.4, -0.2) is 44.3 Å². The van der Waals surface area contributed by atoms with E-state index in [0.717, 1.165) is 41.8 Å². The van der Waals surface area contributed by atoms with E-state index in [1.165, 1.54) is 0 Å². The maximum absolute atomic E-state index is 13.3. The van der Waals surface area contributed by atoms with Crippen molar-refractivity contribution >= 4 is 28.5 Å². The van der Waals surface area contributed by atoms with E-state index >= 15 is 0 Å². The quantitative estimate of drug-likeness (QED) is 0.374. The Morgan fingerprint density at radius 1 is 1.05 bits per heavy atom. The number of nitrogens with zero attached hydrogens (tertiary/aromatic N) is 4. The number of fused-ring (bicyclic) bond motifs is 1. The molecule has 3 heterocycles. The predicted octanol–water partition coefficient (Wildman–Crippen LogP) is 4.12. The van der Waals surface area contributed by atoms with Crippen molar-refractivity contribution in [2.75, 3.05) is 18.8 Å². The normalized spacial score (nSPS) is 15.0. The summed E-state index contributed by atoms with van der Waals surface area (Å²) in [5.41, 5.74) is 9.80. The summed E-state index contributed by atoms with van der Waals surface area (Å²) in [6.07, 6.45) is 5.69. The number of imidazole rings is 1. The van der Waals surface area contributed by atoms with Crippen molar-refractivity contribution in [3.63, 3.8) is 0 Å². The molecule has 1 saturated heterocycles. The van der Waals surface area contributed by atoms with Crippen molar-refractivity contribution in [3.8, 4) is 0 Å². The highest BCUT2D eigenvalue weighted by Crippen LogP contribution is 2.25. The average molecular weight is 497 g/mol. The van der Waals surface area contributed by atoms with Crippen molar-refractivity contribution < 1.29 is 9.59 Å². The monoisotopic (exact) mass is 496 g/mol. The zero-order chi connectivity index (χ0) is 25.8. The highest BCUT2D eigenvalue weighted by atomic mass is 16.2. The van der Waals surface area contributed by atoms with Crippen molar-refractivity contribution in [2.24, 2.45) is 5.92 Å². The fraction of sp³-hybridized carbons (Fsp3) is 0.310. The Hall–Kier alpha value is -4.20. The van der Waals surface area contributed by atoms with Gasteiger partial charge in [-0.05, 0) is 61.6 Å². The zero-order valence-electron chi connectivity index (χ0n) is 21.0. The van der Waals surface area contributed by atoms with Gasteiger partial charge in [0.25, 0.3) is 5.91 Å². The van der Waals surface area contributed by atoms with E-state index < -0.39 is 6.04 Å². The fourth-order valence-corrected chi connectivity index (χ4v) is 5.07. The lowest BCUT2D eigenvalue weighted by atomic mass is 9.95. The Balaban J connectivity index is 1.22. The lowest BCUT2D eigenvalue weighted by Crippen LogP contribution is -2.41. The van der Waals surface area contributed by atoms with Crippen LogP contribution in [0.1, 0.15) is 47.1 Å². The Bertz CT molecular complexity index is 1370. The minimum Gasteiger partial charge on any atom is -0.399 e. The second-order valence-electron chi connectivity index (χ2n) is 9.72. The molecule has 8 nitrogen and oxygen atoms in total. The number of anilines is 1. The van der Waals surface area contributed by atoms with Gasteiger partial charge in [0, 0.05) is 37.1 Å². The van der Waals surface area contributed by atoms with Crippen LogP contribution in [0.4, 0.5) is 5.69 Å². The highest BCUT2D eigenvalue weighted by molar-refractivity contribution is 5.95. The average Bonchev–Trinajstić information content (AvgIpc) is 3.24. The van der Waals surface area contributed by atoms with Crippen molar-refractivity contribution in [2.45, 2.75) is 38.8 Å². The van der Waals surface area contributed by atoms with Crippen LogP contribution in [0.25, 0.3) is 11.0 Å². The first kappa shape index (κ1) is 24.5. The molecular formula is C29H32N6O2. The predicted molar refractivity (Wildman–Crippen MR) is 144 cm³/mol. The largest absolute Gasteiger partial charge is 0.399 e. The van der Waals surface area contributed by atoms with Gasteiger partial charge in [0.1, 0.15) is 11.3 Å². The van der Waals surface area contributed by atoms with Crippen LogP contribution in [0.3, 0.4) is 0 Å². The van der Waals surface area contributed by atoms with E-state index in [4.69, 9.17) is 5.73 Å². The summed E-state index contributed by atoms with van der Waals surface area (Å²) in [6.45, 7) is 4.34. The number of carbonyl (C=O) groups is 2. The Kier molecular flexibility index (Phi) is 7.16. The molecule has 2 aromatic heterocycles. The molecule has 0 aliphatic carbocycles. The molecule has 1 fully saturated rings. The number of amides is 2. The van der Waals surface area contributed by atoms with Gasteiger partial charge >= 0.3 is 0 Å². The molecule has 0 radical (unpaired) electrons. The molecule has 4 aromatic rings. The van der Waals surface area contributed by atoms with Gasteiger partial charge in [0.15, 0.2) is 0 Å². The molecule has 37 heavy (non-hydrogen) atoms. The second-order valence-corrected chi connectivity index (χ2v) is 9.72. The summed E-state index contributed by atoms with van der Waals surface area (Å²) in [5.74, 6) is 1.30. The number of rotatable bonds is 7. The first-order chi connectivity index (χ1) is 18.0. The summed E-state index contributed by atoms with van der Waals surface area (Å²) >= 11 is 0. The molecule has 0 saturated carbocycles. The van der Waals surface area contributed by atoms with Gasteiger partial charge in [0.05, 0.1) is 24.2 Å². The molecule has 1 unspecified atom stereocenters. The van der Waals surface area contributed by atoms with Crippen molar-refractivity contribution in [1.29, 1.82) is 0 Å². The van der Waals surface area contributed by atoms with Crippen LogP contribution >= 0.6 is 0 Å². The number of carbonyl (C=O) groups excluding carboxylic acids is 2. The van der Waals surface area contributed by atoms with Gasteiger partial charge in [-0.15, -0.1) is 0 Å². The standard InChI is InChI=1S/C29H32N6O2/c1-20-32-26-18-31-14-11-27(26)35(20)19-21-12-15-34(16-13-21)28(36)17-25(22-5-3-2-4-6-22)33-29(37)23-7-9-24(30)10-8-23/h2-11,14,18,21,25H,12-13,15-17,19,30H2,1H3,(H,33,37). The van der Waals surface area contributed by atoms with Gasteiger partial charge in [-0.2, -0.15) is 0 Å². The van der Waals surface area contributed by atoms with Crippen LogP contribution in [0.15, 0.2) is 73.1 Å². The first-order valence-corrected chi connectivity index (χ1v) is 12.7. The number of likely N-dealkylation sites (tertiary alicyclic amines) is 1. The molecular weight excluding hydrogens is 464 g/mol. The van der Waals surface area contributed by atoms with Crippen LogP contribution in [-0.2, 0) is 11.3 Å². The number of pyridine rings is 1. The van der Waals surface area contributed by atoms with Gasteiger partial charge in [-0.1, -0.05) is 30.3 Å². The van der Waals surface area contributed by atoms with Gasteiger partial charge in [0.2, 0.25) is 5.91 Å². The van der Waals surface area contributed by atoms with Crippen LogP contribution < -0.4 is 11.1 Å². The molecule has 5 rings (SSSR count). The molecule has 190 valence electrons. The molecule has 1 aliphatic heterocycles. The molecule has 2 amide bonds. The summed E-state index contributed by atoms with van der Waals surface area (Å²) < 4.78 is 2.26. The SMILES string of the molecule is Cc1nc2cnccc2n1CC1CCN(C(=O)CC(NC(=O)c2ccc(N)cc2)c2ccccc2)CC1. The summed E-state index contributed by atoms with van der Waals surface area (Å²) in [7, 11) is 0. The van der Waals surface area contributed by atoms with Crippen LogP contribution in [0.2, 0.25) is 0 Å². The number of hydrogen-bond acceptors (Lipinski definition) is 5. The van der Waals surface area contributed by atoms with Crippen molar-refractivity contribution in [3.05, 3.63) is 90.0 Å². The lowest BCUT2D eigenvalue weighted by Gasteiger charge is -2.33. The molecule has 0 spiro atoms. The lowest BCUT2D eigenvalue weighted by molar-refractivity contribution is -0.133. The molecule has 2 aromatic carbocycles. The molecule has 8 heteroatoms. The van der Waals surface area contributed by atoms with E-state index in [1.807, 2.05) is 48.2 Å². The van der Waals surface area contributed by atoms with Crippen LogP contribution in [0.5, 0.6) is 0 Å². The van der Waals surface area contributed by atoms with Gasteiger partial charge in [-0.25, -0.2) is 4.98 Å². The Labute approximate surface area is 216 Å². The number of aryl methyl sites for hydroxylation is 1. The maximum atomic E-state index is 13.3. The van der Waals surface area contributed by atoms with Crippen LogP contribution in [0, 0.1) is 12.8 Å². The number of nitrogens with one attached hydrogen (secondary N) is 1. The third-order valence-corrected chi connectivity index (χ3v) is 7.21. The Morgan fingerprint density at radius 3 is 2.51 bits per heavy atom. The maximum Gasteiger partial charge on any atom is 0.251 e. The van der Waals surface area contributed by atoms with E-state index in [0.29, 0.717) is 30.3 Å². The first-order valence-electron chi connectivity index (χ1n) is 12.7. The van der Waals surface area contributed by atoms with Crippen molar-refractivity contribution in [1.82, 2.24) is 24.8 Å². The minimum atomic E-state index is -0.412. The molecule has 3 N–H and O–H groups in total. The molecule has 0 bridgehead atoms. The molecule has 1 aliphatic rings. The summed E-state index contributed by atoms with van der Waals surface area (Å²) in [4.78, 5) is 37.0. The number of aromatic nitrogens is 3. The number of hydrogen-bond donors (Lipinski definition) is 2. The zero-order valence-corrected chi connectivity index (χ0v) is 21.0. The van der Waals surface area contributed by atoms with Gasteiger partial charge in [-0.3, -0.25) is 14.6 Å². The summed E-state index contributed by atoms with van der Waals surface area (Å²) in [6, 6.07) is 18.1. The fourth-order valence-electron chi connectivity index (χ4n) is 5.07. The minimum absolute atomic E-state index is 0.0558. The number of piperidine rings is 1. The second kappa shape index (κ2) is 10.8.